The molecule has 11 nitrogen and oxygen atoms in total. The molecule has 0 saturated heterocycles. The first kappa shape index (κ1) is 19.4. The van der Waals surface area contributed by atoms with E-state index in [2.05, 4.69) is 10.5 Å². The highest BCUT2D eigenvalue weighted by Gasteiger charge is 2.19. The molecule has 0 atom stereocenters. The van der Waals surface area contributed by atoms with Gasteiger partial charge in [0.2, 0.25) is 0 Å². The third-order valence-corrected chi connectivity index (χ3v) is 3.58. The Morgan fingerprint density at radius 3 is 2.22 bits per heavy atom. The lowest BCUT2D eigenvalue weighted by atomic mass is 10.1. The lowest BCUT2D eigenvalue weighted by Crippen LogP contribution is -2.06. The summed E-state index contributed by atoms with van der Waals surface area (Å²) in [5.41, 5.74) is 2.48. The summed E-state index contributed by atoms with van der Waals surface area (Å²) in [5, 5.41) is 37.0. The number of anilines is 1. The predicted octanol–water partition coefficient (Wildman–Crippen LogP) is 4.03. The number of nitro benzene ring substituents is 3. The lowest BCUT2D eigenvalue weighted by molar-refractivity contribution is -0.393. The van der Waals surface area contributed by atoms with Gasteiger partial charge in [-0.15, -0.1) is 0 Å². The Hall–Kier alpha value is -3.89. The van der Waals surface area contributed by atoms with Gasteiger partial charge < -0.3 is 0 Å². The molecule has 2 aromatic rings. The van der Waals surface area contributed by atoms with Crippen LogP contribution in [-0.4, -0.2) is 20.5 Å². The van der Waals surface area contributed by atoms with Gasteiger partial charge in [-0.05, 0) is 12.5 Å². The van der Waals surface area contributed by atoms with Crippen LogP contribution in [-0.2, 0) is 0 Å². The Morgan fingerprint density at radius 2 is 1.63 bits per heavy atom. The SMILES string of the molecule is CCCC(=NNc1ccc([N+](=O)[O-])cc1[N+](=O)[O-])c1cccc([N+](=O)[O-])c1. The second kappa shape index (κ2) is 8.47. The fraction of sp³-hybridized carbons (Fsp3) is 0.188. The molecular weight excluding hydrogens is 358 g/mol. The van der Waals surface area contributed by atoms with E-state index in [-0.39, 0.29) is 11.4 Å². The average Bonchev–Trinajstić information content (AvgIpc) is 2.64. The predicted molar refractivity (Wildman–Crippen MR) is 97.9 cm³/mol. The minimum atomic E-state index is -0.752. The van der Waals surface area contributed by atoms with Crippen LogP contribution in [0.4, 0.5) is 22.7 Å². The third-order valence-electron chi connectivity index (χ3n) is 3.58. The lowest BCUT2D eigenvalue weighted by Gasteiger charge is -2.07. The third kappa shape index (κ3) is 4.81. The van der Waals surface area contributed by atoms with E-state index >= 15 is 0 Å². The second-order valence-corrected chi connectivity index (χ2v) is 5.44. The van der Waals surface area contributed by atoms with Gasteiger partial charge in [-0.1, -0.05) is 25.5 Å². The normalized spacial score (nSPS) is 11.1. The zero-order chi connectivity index (χ0) is 20.0. The molecule has 0 amide bonds. The minimum Gasteiger partial charge on any atom is -0.271 e. The molecule has 2 aromatic carbocycles. The molecule has 0 radical (unpaired) electrons. The molecule has 0 aliphatic carbocycles. The number of nitrogens with zero attached hydrogens (tertiary/aromatic N) is 4. The summed E-state index contributed by atoms with van der Waals surface area (Å²) in [6.07, 6.45) is 1.15. The van der Waals surface area contributed by atoms with Gasteiger partial charge in [0, 0.05) is 23.8 Å². The highest BCUT2D eigenvalue weighted by atomic mass is 16.6. The fourth-order valence-electron chi connectivity index (χ4n) is 2.31. The molecule has 0 unspecified atom stereocenters. The van der Waals surface area contributed by atoms with Crippen LogP contribution in [0.2, 0.25) is 0 Å². The van der Waals surface area contributed by atoms with Crippen molar-refractivity contribution in [2.24, 2.45) is 5.10 Å². The van der Waals surface area contributed by atoms with Crippen molar-refractivity contribution in [2.75, 3.05) is 5.43 Å². The van der Waals surface area contributed by atoms with Gasteiger partial charge in [0.05, 0.1) is 26.5 Å². The van der Waals surface area contributed by atoms with Crippen LogP contribution in [0.5, 0.6) is 0 Å². The van der Waals surface area contributed by atoms with Gasteiger partial charge in [0.1, 0.15) is 5.69 Å². The number of nitrogens with one attached hydrogen (secondary N) is 1. The van der Waals surface area contributed by atoms with Crippen molar-refractivity contribution < 1.29 is 14.8 Å². The maximum Gasteiger partial charge on any atom is 0.301 e. The van der Waals surface area contributed by atoms with E-state index in [1.54, 1.807) is 6.07 Å². The van der Waals surface area contributed by atoms with Crippen molar-refractivity contribution in [1.29, 1.82) is 0 Å². The summed E-state index contributed by atoms with van der Waals surface area (Å²) in [5.74, 6) is 0. The second-order valence-electron chi connectivity index (χ2n) is 5.44. The Labute approximate surface area is 152 Å². The monoisotopic (exact) mass is 373 g/mol. The van der Waals surface area contributed by atoms with Gasteiger partial charge in [0.15, 0.2) is 0 Å². The van der Waals surface area contributed by atoms with E-state index in [9.17, 15) is 30.3 Å². The number of non-ortho nitro benzene ring substituents is 2. The molecule has 2 rings (SSSR count). The molecule has 0 aliphatic rings. The van der Waals surface area contributed by atoms with E-state index in [1.807, 2.05) is 6.92 Å². The van der Waals surface area contributed by atoms with Crippen LogP contribution in [0.15, 0.2) is 47.6 Å². The molecule has 0 heterocycles. The molecule has 0 fully saturated rings. The number of hydrogen-bond acceptors (Lipinski definition) is 8. The Kier molecular flexibility index (Phi) is 6.10. The zero-order valence-electron chi connectivity index (χ0n) is 14.2. The summed E-state index contributed by atoms with van der Waals surface area (Å²) < 4.78 is 0. The molecule has 11 heteroatoms. The van der Waals surface area contributed by atoms with Crippen molar-refractivity contribution in [3.05, 3.63) is 78.4 Å². The number of hydrogen-bond donors (Lipinski definition) is 1. The summed E-state index contributed by atoms with van der Waals surface area (Å²) in [7, 11) is 0. The Bertz CT molecular complexity index is 927. The van der Waals surface area contributed by atoms with Crippen LogP contribution < -0.4 is 5.43 Å². The molecule has 0 aromatic heterocycles. The summed E-state index contributed by atoms with van der Waals surface area (Å²) in [6, 6.07) is 9.03. The maximum absolute atomic E-state index is 11.2. The number of hydrazone groups is 1. The molecule has 0 bridgehead atoms. The minimum absolute atomic E-state index is 0.0235. The first-order chi connectivity index (χ1) is 12.8. The van der Waals surface area contributed by atoms with Gasteiger partial charge in [-0.2, -0.15) is 5.10 Å². The number of nitro groups is 3. The van der Waals surface area contributed by atoms with Gasteiger partial charge in [0.25, 0.3) is 11.4 Å². The van der Waals surface area contributed by atoms with E-state index in [0.717, 1.165) is 12.1 Å². The van der Waals surface area contributed by atoms with Crippen molar-refractivity contribution in [2.45, 2.75) is 19.8 Å². The van der Waals surface area contributed by atoms with Crippen LogP contribution in [0.3, 0.4) is 0 Å². The van der Waals surface area contributed by atoms with Crippen molar-refractivity contribution in [3.63, 3.8) is 0 Å². The topological polar surface area (TPSA) is 154 Å². The summed E-state index contributed by atoms with van der Waals surface area (Å²) >= 11 is 0. The first-order valence-corrected chi connectivity index (χ1v) is 7.83. The van der Waals surface area contributed by atoms with Crippen LogP contribution in [0.1, 0.15) is 25.3 Å². The summed E-state index contributed by atoms with van der Waals surface area (Å²) in [4.78, 5) is 30.9. The van der Waals surface area contributed by atoms with E-state index in [1.165, 1.54) is 24.3 Å². The van der Waals surface area contributed by atoms with Crippen molar-refractivity contribution in [3.8, 4) is 0 Å². The molecule has 0 saturated carbocycles. The van der Waals surface area contributed by atoms with E-state index < -0.39 is 26.1 Å². The average molecular weight is 373 g/mol. The summed E-state index contributed by atoms with van der Waals surface area (Å²) in [6.45, 7) is 1.89. The van der Waals surface area contributed by atoms with Crippen molar-refractivity contribution in [1.82, 2.24) is 0 Å². The Balaban J connectivity index is 2.40. The van der Waals surface area contributed by atoms with Crippen LogP contribution in [0, 0.1) is 30.3 Å². The number of benzene rings is 2. The molecule has 140 valence electrons. The zero-order valence-corrected chi connectivity index (χ0v) is 14.2. The molecule has 0 spiro atoms. The highest BCUT2D eigenvalue weighted by Crippen LogP contribution is 2.29. The Morgan fingerprint density at radius 1 is 0.963 bits per heavy atom. The maximum atomic E-state index is 11.2. The van der Waals surface area contributed by atoms with Crippen molar-refractivity contribution >= 4 is 28.5 Å². The van der Waals surface area contributed by atoms with Crippen LogP contribution in [0.25, 0.3) is 0 Å². The van der Waals surface area contributed by atoms with Gasteiger partial charge in [-0.25, -0.2) is 0 Å². The first-order valence-electron chi connectivity index (χ1n) is 7.83. The smallest absolute Gasteiger partial charge is 0.271 e. The molecule has 27 heavy (non-hydrogen) atoms. The number of rotatable bonds is 8. The molecular formula is C16H15N5O6. The quantitative estimate of drug-likeness (QED) is 0.416. The van der Waals surface area contributed by atoms with E-state index in [4.69, 9.17) is 0 Å². The molecule has 0 aliphatic heterocycles. The standard InChI is InChI=1S/C16H15N5O6/c1-2-4-14(11-5-3-6-12(9-11)19(22)23)17-18-15-8-7-13(20(24)25)10-16(15)21(26)27/h3,5-10,18H,2,4H2,1H3. The van der Waals surface area contributed by atoms with Crippen LogP contribution >= 0.6 is 0 Å². The molecule has 1 N–H and O–H groups in total. The van der Waals surface area contributed by atoms with Gasteiger partial charge in [-0.3, -0.25) is 35.8 Å². The largest absolute Gasteiger partial charge is 0.301 e. The fourth-order valence-corrected chi connectivity index (χ4v) is 2.31. The highest BCUT2D eigenvalue weighted by molar-refractivity contribution is 6.01. The van der Waals surface area contributed by atoms with Gasteiger partial charge >= 0.3 is 5.69 Å². The van der Waals surface area contributed by atoms with E-state index in [0.29, 0.717) is 24.1 Å².